The van der Waals surface area contributed by atoms with Gasteiger partial charge in [-0.05, 0) is 25.1 Å². The molecule has 6 nitrogen and oxygen atoms in total. The minimum absolute atomic E-state index is 0.0405. The van der Waals surface area contributed by atoms with E-state index in [1.54, 1.807) is 38.2 Å². The van der Waals surface area contributed by atoms with Crippen LogP contribution in [0.15, 0.2) is 30.3 Å². The number of hydrogen-bond donors (Lipinski definition) is 2. The van der Waals surface area contributed by atoms with E-state index < -0.39 is 17.9 Å². The second-order valence-corrected chi connectivity index (χ2v) is 6.18. The van der Waals surface area contributed by atoms with Crippen LogP contribution in [-0.4, -0.2) is 37.3 Å². The van der Waals surface area contributed by atoms with E-state index in [0.29, 0.717) is 12.2 Å². The van der Waals surface area contributed by atoms with E-state index in [4.69, 9.17) is 4.74 Å². The first kappa shape index (κ1) is 20.8. The molecule has 0 heterocycles. The average Bonchev–Trinajstić information content (AvgIpc) is 2.59. The fraction of sp³-hybridized carbons (Fsp3) is 0.526. The van der Waals surface area contributed by atoms with Gasteiger partial charge in [0.15, 0.2) is 0 Å². The zero-order valence-corrected chi connectivity index (χ0v) is 15.4. The van der Waals surface area contributed by atoms with Crippen LogP contribution in [0.4, 0.5) is 0 Å². The lowest BCUT2D eigenvalue weighted by atomic mass is 9.83. The zero-order chi connectivity index (χ0) is 18.8. The lowest BCUT2D eigenvalue weighted by Gasteiger charge is -2.27. The summed E-state index contributed by atoms with van der Waals surface area (Å²) in [6, 6.07) is 8.15. The molecule has 2 N–H and O–H groups in total. The number of carbonyl (C=O) groups excluding carboxylic acids is 3. The van der Waals surface area contributed by atoms with E-state index >= 15 is 0 Å². The van der Waals surface area contributed by atoms with Crippen molar-refractivity contribution in [2.45, 2.75) is 39.7 Å². The maximum atomic E-state index is 12.4. The highest BCUT2D eigenvalue weighted by Crippen LogP contribution is 2.18. The number of Topliss-reactive ketones (excluding diaryl/α,β-unsaturated/α-hetero) is 1. The molecule has 1 rings (SSSR count). The molecule has 0 bridgehead atoms. The lowest BCUT2D eigenvalue weighted by molar-refractivity contribution is -0.135. The van der Waals surface area contributed by atoms with Crippen molar-refractivity contribution in [3.8, 4) is 5.75 Å². The van der Waals surface area contributed by atoms with Crippen LogP contribution in [0.5, 0.6) is 5.75 Å². The van der Waals surface area contributed by atoms with E-state index in [9.17, 15) is 14.4 Å². The first-order chi connectivity index (χ1) is 11.9. The van der Waals surface area contributed by atoms with E-state index in [-0.39, 0.29) is 30.6 Å². The summed E-state index contributed by atoms with van der Waals surface area (Å²) in [6.07, 6.45) is 0.447. The predicted octanol–water partition coefficient (Wildman–Crippen LogP) is 1.94. The van der Waals surface area contributed by atoms with Crippen molar-refractivity contribution >= 4 is 17.7 Å². The second-order valence-electron chi connectivity index (χ2n) is 6.18. The highest BCUT2D eigenvalue weighted by Gasteiger charge is 2.33. The molecule has 0 aliphatic heterocycles. The van der Waals surface area contributed by atoms with E-state index in [1.165, 1.54) is 0 Å². The number of amides is 1. The molecular weight excluding hydrogens is 320 g/mol. The largest absolute Gasteiger partial charge is 0.426 e. The fourth-order valence-electron chi connectivity index (χ4n) is 2.72. The summed E-state index contributed by atoms with van der Waals surface area (Å²) in [5.41, 5.74) is 0. The summed E-state index contributed by atoms with van der Waals surface area (Å²) in [5, 5.41) is 5.64. The van der Waals surface area contributed by atoms with Gasteiger partial charge in [-0.25, -0.2) is 0 Å². The molecule has 0 spiro atoms. The molecule has 0 fully saturated rings. The molecular formula is C19H28N2O4. The van der Waals surface area contributed by atoms with Gasteiger partial charge in [-0.15, -0.1) is 0 Å². The van der Waals surface area contributed by atoms with Gasteiger partial charge in [0.05, 0.1) is 12.5 Å². The Labute approximate surface area is 149 Å². The Bertz CT molecular complexity index is 572. The first-order valence-electron chi connectivity index (χ1n) is 8.64. The Morgan fingerprint density at radius 2 is 1.76 bits per heavy atom. The maximum Gasteiger partial charge on any atom is 0.312 e. The Balaban J connectivity index is 2.52. The fourth-order valence-corrected chi connectivity index (χ4v) is 2.72. The number of hydrogen-bond acceptors (Lipinski definition) is 5. The minimum atomic E-state index is -0.613. The predicted molar refractivity (Wildman–Crippen MR) is 96.2 cm³/mol. The summed E-state index contributed by atoms with van der Waals surface area (Å²) in [7, 11) is 1.66. The van der Waals surface area contributed by atoms with Crippen molar-refractivity contribution in [2.24, 2.45) is 11.8 Å². The van der Waals surface area contributed by atoms with Crippen LogP contribution >= 0.6 is 0 Å². The first-order valence-corrected chi connectivity index (χ1v) is 8.64. The number of esters is 1. The summed E-state index contributed by atoms with van der Waals surface area (Å²) in [4.78, 5) is 36.3. The standard InChI is InChI=1S/C19H28N2O4/c1-5-15(22)17(13(2)3)18(20-4)19(24)21-12-11-16(23)25-14-9-7-6-8-10-14/h6-10,13,17-18,20H,5,11-12H2,1-4H3,(H,21,24)/t17?,18-/m0/s1. The van der Waals surface area contributed by atoms with Gasteiger partial charge >= 0.3 is 5.97 Å². The number of benzene rings is 1. The number of ether oxygens (including phenoxy) is 1. The minimum Gasteiger partial charge on any atom is -0.426 e. The molecule has 0 saturated carbocycles. The summed E-state index contributed by atoms with van der Waals surface area (Å²) in [6.45, 7) is 5.80. The van der Waals surface area contributed by atoms with Crippen molar-refractivity contribution in [2.75, 3.05) is 13.6 Å². The Kier molecular flexibility index (Phi) is 8.84. The van der Waals surface area contributed by atoms with Crippen molar-refractivity contribution in [1.29, 1.82) is 0 Å². The number of carbonyl (C=O) groups is 3. The lowest BCUT2D eigenvalue weighted by Crippen LogP contribution is -2.51. The van der Waals surface area contributed by atoms with Gasteiger partial charge in [-0.3, -0.25) is 14.4 Å². The van der Waals surface area contributed by atoms with E-state index in [1.807, 2.05) is 19.9 Å². The Hall–Kier alpha value is -2.21. The van der Waals surface area contributed by atoms with Crippen LogP contribution in [0.1, 0.15) is 33.6 Å². The molecule has 0 aromatic heterocycles. The summed E-state index contributed by atoms with van der Waals surface area (Å²) < 4.78 is 5.16. The van der Waals surface area contributed by atoms with Crippen molar-refractivity contribution in [3.63, 3.8) is 0 Å². The molecule has 0 aliphatic rings. The third-order valence-electron chi connectivity index (χ3n) is 3.99. The third kappa shape index (κ3) is 6.66. The van der Waals surface area contributed by atoms with E-state index in [2.05, 4.69) is 10.6 Å². The zero-order valence-electron chi connectivity index (χ0n) is 15.4. The van der Waals surface area contributed by atoms with Gasteiger partial charge in [-0.2, -0.15) is 0 Å². The van der Waals surface area contributed by atoms with Crippen LogP contribution in [0.3, 0.4) is 0 Å². The monoisotopic (exact) mass is 348 g/mol. The van der Waals surface area contributed by atoms with Gasteiger partial charge in [-0.1, -0.05) is 39.0 Å². The van der Waals surface area contributed by atoms with Crippen molar-refractivity contribution in [1.82, 2.24) is 10.6 Å². The van der Waals surface area contributed by atoms with Gasteiger partial charge in [0, 0.05) is 18.9 Å². The van der Waals surface area contributed by atoms with Crippen LogP contribution in [0.2, 0.25) is 0 Å². The Morgan fingerprint density at radius 1 is 1.12 bits per heavy atom. The van der Waals surface area contributed by atoms with Crippen molar-refractivity contribution in [3.05, 3.63) is 30.3 Å². The molecule has 1 unspecified atom stereocenters. The molecule has 0 saturated heterocycles. The average molecular weight is 348 g/mol. The number of rotatable bonds is 10. The van der Waals surface area contributed by atoms with Crippen LogP contribution in [0, 0.1) is 11.8 Å². The van der Waals surface area contributed by atoms with Crippen LogP contribution in [-0.2, 0) is 14.4 Å². The molecule has 0 radical (unpaired) electrons. The normalized spacial score (nSPS) is 13.2. The van der Waals surface area contributed by atoms with Gasteiger partial charge < -0.3 is 15.4 Å². The van der Waals surface area contributed by atoms with Gasteiger partial charge in [0.1, 0.15) is 11.5 Å². The van der Waals surface area contributed by atoms with Gasteiger partial charge in [0.2, 0.25) is 5.91 Å². The van der Waals surface area contributed by atoms with Crippen molar-refractivity contribution < 1.29 is 19.1 Å². The van der Waals surface area contributed by atoms with E-state index in [0.717, 1.165) is 0 Å². The van der Waals surface area contributed by atoms with Crippen LogP contribution in [0.25, 0.3) is 0 Å². The smallest absolute Gasteiger partial charge is 0.312 e. The molecule has 138 valence electrons. The molecule has 1 amide bonds. The number of ketones is 1. The number of likely N-dealkylation sites (N-methyl/N-ethyl adjacent to an activating group) is 1. The molecule has 1 aromatic carbocycles. The molecule has 2 atom stereocenters. The van der Waals surface area contributed by atoms with Crippen LogP contribution < -0.4 is 15.4 Å². The van der Waals surface area contributed by atoms with Gasteiger partial charge in [0.25, 0.3) is 0 Å². The molecule has 6 heteroatoms. The second kappa shape index (κ2) is 10.6. The highest BCUT2D eigenvalue weighted by molar-refractivity contribution is 5.91. The topological polar surface area (TPSA) is 84.5 Å². The summed E-state index contributed by atoms with van der Waals surface area (Å²) in [5.74, 6) is -0.536. The molecule has 25 heavy (non-hydrogen) atoms. The molecule has 1 aromatic rings. The number of para-hydroxylation sites is 1. The maximum absolute atomic E-state index is 12.4. The Morgan fingerprint density at radius 3 is 2.28 bits per heavy atom. The highest BCUT2D eigenvalue weighted by atomic mass is 16.5. The summed E-state index contributed by atoms with van der Waals surface area (Å²) >= 11 is 0. The quantitative estimate of drug-likeness (QED) is 0.499. The number of nitrogens with one attached hydrogen (secondary N) is 2. The SMILES string of the molecule is CCC(=O)C(C(C)C)[C@H](NC)C(=O)NCCC(=O)Oc1ccccc1. The molecule has 0 aliphatic carbocycles. The third-order valence-corrected chi connectivity index (χ3v) is 3.99.